The number of furan rings is 1. The van der Waals surface area contributed by atoms with Crippen molar-refractivity contribution in [3.05, 3.63) is 77.5 Å². The van der Waals surface area contributed by atoms with E-state index in [1.165, 1.54) is 17.0 Å². The van der Waals surface area contributed by atoms with Crippen LogP contribution in [0.3, 0.4) is 0 Å². The first-order chi connectivity index (χ1) is 16.9. The zero-order valence-electron chi connectivity index (χ0n) is 19.8. The van der Waals surface area contributed by atoms with Gasteiger partial charge in [-0.2, -0.15) is 0 Å². The maximum absolute atomic E-state index is 14.0. The topological polar surface area (TPSA) is 84.2 Å². The highest BCUT2D eigenvalue weighted by molar-refractivity contribution is 5.92. The van der Waals surface area contributed by atoms with Crippen LogP contribution < -0.4 is 14.8 Å². The van der Waals surface area contributed by atoms with Crippen molar-refractivity contribution in [2.45, 2.75) is 33.4 Å². The van der Waals surface area contributed by atoms with E-state index in [9.17, 15) is 14.0 Å². The molecule has 2 aromatic carbocycles. The summed E-state index contributed by atoms with van der Waals surface area (Å²) in [6.07, 6.45) is 0.636. The smallest absolute Gasteiger partial charge is 0.322 e. The largest absolute Gasteiger partial charge is 0.464 e. The molecule has 4 rings (SSSR count). The molecule has 1 N–H and O–H groups in total. The number of nitrogens with zero attached hydrogens (tertiary/aromatic N) is 2. The molecule has 0 atom stereocenters. The molecule has 0 saturated heterocycles. The van der Waals surface area contributed by atoms with Crippen LogP contribution in [0.5, 0.6) is 11.5 Å². The Morgan fingerprint density at radius 2 is 1.80 bits per heavy atom. The van der Waals surface area contributed by atoms with E-state index in [0.717, 1.165) is 11.3 Å². The van der Waals surface area contributed by atoms with Crippen LogP contribution in [-0.4, -0.2) is 41.6 Å². The molecule has 1 aromatic heterocycles. The molecule has 8 nitrogen and oxygen atoms in total. The number of hydrogen-bond acceptors (Lipinski definition) is 5. The SMILES string of the molecule is CCCN(CC(=O)N(Cc1ccc2c(c1)OCO2)Cc1ccc(C)o1)C(=O)Nc1ccccc1F. The Balaban J connectivity index is 1.51. The van der Waals surface area contributed by atoms with Gasteiger partial charge in [0, 0.05) is 13.1 Å². The summed E-state index contributed by atoms with van der Waals surface area (Å²) in [5.41, 5.74) is 0.915. The number of aryl methyl sites for hydroxylation is 1. The third-order valence-electron chi connectivity index (χ3n) is 5.53. The number of fused-ring (bicyclic) bond motifs is 1. The van der Waals surface area contributed by atoms with Gasteiger partial charge in [0.2, 0.25) is 12.7 Å². The highest BCUT2D eigenvalue weighted by atomic mass is 19.1. The van der Waals surface area contributed by atoms with Crippen LogP contribution in [0.15, 0.2) is 59.0 Å². The quantitative estimate of drug-likeness (QED) is 0.469. The predicted octanol–water partition coefficient (Wildman–Crippen LogP) is 4.93. The molecule has 1 aliphatic heterocycles. The number of benzene rings is 2. The van der Waals surface area contributed by atoms with E-state index in [2.05, 4.69) is 5.32 Å². The number of halogens is 1. The fraction of sp³-hybridized carbons (Fsp3) is 0.308. The van der Waals surface area contributed by atoms with Crippen LogP contribution in [0.4, 0.5) is 14.9 Å². The van der Waals surface area contributed by atoms with Crippen molar-refractivity contribution in [1.82, 2.24) is 9.80 Å². The van der Waals surface area contributed by atoms with E-state index in [-0.39, 0.29) is 38.0 Å². The number of para-hydroxylation sites is 1. The monoisotopic (exact) mass is 481 g/mol. The van der Waals surface area contributed by atoms with Gasteiger partial charge >= 0.3 is 6.03 Å². The summed E-state index contributed by atoms with van der Waals surface area (Å²) in [4.78, 5) is 29.3. The van der Waals surface area contributed by atoms with Crippen molar-refractivity contribution in [3.63, 3.8) is 0 Å². The standard InChI is InChI=1S/C26H28FN3O5/c1-3-12-29(26(32)28-22-7-5-4-6-21(22)27)16-25(31)30(15-20-10-8-18(2)35-20)14-19-9-11-23-24(13-19)34-17-33-23/h4-11,13H,3,12,14-17H2,1-2H3,(H,28,32). The van der Waals surface area contributed by atoms with Gasteiger partial charge < -0.3 is 29.0 Å². The van der Waals surface area contributed by atoms with Gasteiger partial charge in [-0.15, -0.1) is 0 Å². The fourth-order valence-corrected chi connectivity index (χ4v) is 3.79. The van der Waals surface area contributed by atoms with Gasteiger partial charge in [-0.1, -0.05) is 25.1 Å². The molecule has 0 aliphatic carbocycles. The minimum atomic E-state index is -0.541. The number of rotatable bonds is 9. The summed E-state index contributed by atoms with van der Waals surface area (Å²) in [6, 6.07) is 14.6. The molecule has 0 spiro atoms. The summed E-state index contributed by atoms with van der Waals surface area (Å²) < 4.78 is 30.6. The van der Waals surface area contributed by atoms with Crippen LogP contribution in [0, 0.1) is 12.7 Å². The number of urea groups is 1. The Morgan fingerprint density at radius 3 is 2.54 bits per heavy atom. The number of carbonyl (C=O) groups excluding carboxylic acids is 2. The van der Waals surface area contributed by atoms with E-state index in [1.807, 2.05) is 44.2 Å². The van der Waals surface area contributed by atoms with Crippen LogP contribution in [-0.2, 0) is 17.9 Å². The van der Waals surface area contributed by atoms with Crippen molar-refractivity contribution >= 4 is 17.6 Å². The Hall–Kier alpha value is -4.01. The molecule has 1 aliphatic rings. The zero-order valence-corrected chi connectivity index (χ0v) is 19.8. The van der Waals surface area contributed by atoms with E-state index < -0.39 is 11.8 Å². The Bertz CT molecular complexity index is 1200. The second-order valence-corrected chi connectivity index (χ2v) is 8.28. The highest BCUT2D eigenvalue weighted by Gasteiger charge is 2.24. The first-order valence-electron chi connectivity index (χ1n) is 11.4. The maximum atomic E-state index is 14.0. The lowest BCUT2D eigenvalue weighted by Crippen LogP contribution is -2.44. The minimum absolute atomic E-state index is 0.0642. The summed E-state index contributed by atoms with van der Waals surface area (Å²) in [5.74, 6) is 1.85. The van der Waals surface area contributed by atoms with Crippen LogP contribution in [0.1, 0.15) is 30.4 Å². The van der Waals surface area contributed by atoms with Crippen LogP contribution in [0.2, 0.25) is 0 Å². The van der Waals surface area contributed by atoms with E-state index in [0.29, 0.717) is 30.2 Å². The summed E-state index contributed by atoms with van der Waals surface area (Å²) in [7, 11) is 0. The molecule has 0 fully saturated rings. The van der Waals surface area contributed by atoms with Gasteiger partial charge in [0.1, 0.15) is 23.9 Å². The molecule has 3 amide bonds. The molecule has 0 unspecified atom stereocenters. The Labute approximate surface area is 203 Å². The van der Waals surface area contributed by atoms with Crippen LogP contribution in [0.25, 0.3) is 0 Å². The Kier molecular flexibility index (Phi) is 7.54. The fourth-order valence-electron chi connectivity index (χ4n) is 3.79. The Morgan fingerprint density at radius 1 is 1.00 bits per heavy atom. The van der Waals surface area contributed by atoms with Crippen molar-refractivity contribution in [3.8, 4) is 11.5 Å². The molecule has 9 heteroatoms. The van der Waals surface area contributed by atoms with Gasteiger partial charge in [0.25, 0.3) is 0 Å². The van der Waals surface area contributed by atoms with Gasteiger partial charge in [-0.25, -0.2) is 9.18 Å². The maximum Gasteiger partial charge on any atom is 0.322 e. The van der Waals surface area contributed by atoms with Crippen LogP contribution >= 0.6 is 0 Å². The second-order valence-electron chi connectivity index (χ2n) is 8.28. The minimum Gasteiger partial charge on any atom is -0.464 e. The molecule has 2 heterocycles. The zero-order chi connectivity index (χ0) is 24.8. The van der Waals surface area contributed by atoms with Crippen molar-refractivity contribution < 1.29 is 27.9 Å². The molecule has 3 aromatic rings. The molecular weight excluding hydrogens is 453 g/mol. The van der Waals surface area contributed by atoms with Gasteiger partial charge in [-0.05, 0) is 55.3 Å². The first kappa shape index (κ1) is 24.1. The third kappa shape index (κ3) is 6.11. The number of ether oxygens (including phenoxy) is 2. The summed E-state index contributed by atoms with van der Waals surface area (Å²) in [5, 5.41) is 2.56. The number of carbonyl (C=O) groups is 2. The highest BCUT2D eigenvalue weighted by Crippen LogP contribution is 2.33. The molecule has 0 saturated carbocycles. The number of anilines is 1. The molecular formula is C26H28FN3O5. The lowest BCUT2D eigenvalue weighted by Gasteiger charge is -2.27. The van der Waals surface area contributed by atoms with E-state index in [4.69, 9.17) is 13.9 Å². The molecule has 184 valence electrons. The van der Waals surface area contributed by atoms with E-state index in [1.54, 1.807) is 17.0 Å². The van der Waals surface area contributed by atoms with Crippen molar-refractivity contribution in [2.24, 2.45) is 0 Å². The summed E-state index contributed by atoms with van der Waals surface area (Å²) >= 11 is 0. The van der Waals surface area contributed by atoms with Gasteiger partial charge in [-0.3, -0.25) is 4.79 Å². The lowest BCUT2D eigenvalue weighted by atomic mass is 10.2. The molecule has 0 bridgehead atoms. The van der Waals surface area contributed by atoms with Crippen molar-refractivity contribution in [2.75, 3.05) is 25.2 Å². The van der Waals surface area contributed by atoms with Crippen molar-refractivity contribution in [1.29, 1.82) is 0 Å². The van der Waals surface area contributed by atoms with Gasteiger partial charge in [0.15, 0.2) is 11.5 Å². The average Bonchev–Trinajstić information content (AvgIpc) is 3.48. The molecule has 35 heavy (non-hydrogen) atoms. The number of amides is 3. The van der Waals surface area contributed by atoms with E-state index >= 15 is 0 Å². The second kappa shape index (κ2) is 10.9. The lowest BCUT2D eigenvalue weighted by molar-refractivity contribution is -0.133. The predicted molar refractivity (Wildman–Crippen MR) is 128 cm³/mol. The normalized spacial score (nSPS) is 11.9. The average molecular weight is 482 g/mol. The first-order valence-corrected chi connectivity index (χ1v) is 11.4. The number of nitrogens with one attached hydrogen (secondary N) is 1. The molecule has 0 radical (unpaired) electrons. The van der Waals surface area contributed by atoms with Gasteiger partial charge in [0.05, 0.1) is 12.2 Å². The summed E-state index contributed by atoms with van der Waals surface area (Å²) in [6.45, 7) is 4.59. The third-order valence-corrected chi connectivity index (χ3v) is 5.53. The number of hydrogen-bond donors (Lipinski definition) is 1.